The van der Waals surface area contributed by atoms with Crippen molar-refractivity contribution < 1.29 is 19.4 Å². The topological polar surface area (TPSA) is 107 Å². The Morgan fingerprint density at radius 3 is 2.43 bits per heavy atom. The van der Waals surface area contributed by atoms with E-state index in [4.69, 9.17) is 9.47 Å². The summed E-state index contributed by atoms with van der Waals surface area (Å²) >= 11 is 0. The van der Waals surface area contributed by atoms with Crippen molar-refractivity contribution in [1.29, 1.82) is 0 Å². The Hall–Kier alpha value is -3.93. The largest absolute Gasteiger partial charge is 0.478 e. The minimum atomic E-state index is -0.857. The molecule has 1 atom stereocenters. The standard InChI is InChI=1S/C35H45N7O4/c1-24-19-27(7-8-29(24)35(43)44)40-15-9-25(10-16-40)39-13-11-26(12-14-39)41-17-18-42-28(22-41)21-36-34-32(42)20-31(37-38-34)30-5-3-4-6-33(30)46-23-45-2/h3-8,19-20,25-26,28H,9-18,21-23H2,1-2H3,(H,36,38)(H,43,44)/t28-/m0/s1. The number of benzene rings is 2. The SMILES string of the molecule is COCOc1ccccc1-c1cc2c(nn1)NC[C@H]1CN(C3CCN(C4CCN(c5ccc(C(=O)O)c(C)c5)CC4)CC3)CCN21. The molecule has 0 bridgehead atoms. The number of fused-ring (bicyclic) bond motifs is 3. The van der Waals surface area contributed by atoms with Gasteiger partial charge in [0.05, 0.1) is 23.0 Å². The fraction of sp³-hybridized carbons (Fsp3) is 0.514. The molecule has 244 valence electrons. The number of likely N-dealkylation sites (tertiary alicyclic amines) is 1. The van der Waals surface area contributed by atoms with E-state index in [0.717, 1.165) is 105 Å². The van der Waals surface area contributed by atoms with Crippen LogP contribution < -0.4 is 19.9 Å². The molecule has 7 rings (SSSR count). The molecule has 4 aliphatic heterocycles. The van der Waals surface area contributed by atoms with Crippen LogP contribution in [0, 0.1) is 6.92 Å². The molecule has 5 heterocycles. The molecule has 0 radical (unpaired) electrons. The van der Waals surface area contributed by atoms with Crippen LogP contribution in [0.25, 0.3) is 11.3 Å². The summed E-state index contributed by atoms with van der Waals surface area (Å²) in [6.45, 7) is 10.4. The maximum Gasteiger partial charge on any atom is 0.335 e. The van der Waals surface area contributed by atoms with Crippen LogP contribution in [0.3, 0.4) is 0 Å². The molecule has 3 fully saturated rings. The number of hydrogen-bond acceptors (Lipinski definition) is 10. The van der Waals surface area contributed by atoms with Crippen LogP contribution in [0.4, 0.5) is 17.2 Å². The zero-order valence-corrected chi connectivity index (χ0v) is 26.9. The van der Waals surface area contributed by atoms with Crippen molar-refractivity contribution in [1.82, 2.24) is 20.0 Å². The Labute approximate surface area is 271 Å². The maximum atomic E-state index is 11.4. The van der Waals surface area contributed by atoms with E-state index < -0.39 is 5.97 Å². The van der Waals surface area contributed by atoms with Gasteiger partial charge in [-0.15, -0.1) is 10.2 Å². The molecule has 0 saturated carbocycles. The zero-order valence-electron chi connectivity index (χ0n) is 26.9. The number of hydrogen-bond donors (Lipinski definition) is 2. The van der Waals surface area contributed by atoms with E-state index in [9.17, 15) is 9.90 Å². The molecule has 0 unspecified atom stereocenters. The van der Waals surface area contributed by atoms with Gasteiger partial charge in [0.25, 0.3) is 0 Å². The van der Waals surface area contributed by atoms with Crippen LogP contribution in [0.1, 0.15) is 41.6 Å². The number of aromatic carboxylic acids is 1. The van der Waals surface area contributed by atoms with Gasteiger partial charge >= 0.3 is 5.97 Å². The number of aromatic nitrogens is 2. The van der Waals surface area contributed by atoms with E-state index in [1.165, 1.54) is 12.8 Å². The van der Waals surface area contributed by atoms with Gasteiger partial charge in [0.2, 0.25) is 0 Å². The molecule has 0 amide bonds. The highest BCUT2D eigenvalue weighted by atomic mass is 16.7. The molecule has 2 aromatic carbocycles. The van der Waals surface area contributed by atoms with Gasteiger partial charge in [-0.3, -0.25) is 4.90 Å². The third kappa shape index (κ3) is 6.23. The number of piperidine rings is 2. The molecule has 4 aliphatic rings. The highest BCUT2D eigenvalue weighted by Gasteiger charge is 2.37. The molecule has 1 aromatic heterocycles. The minimum absolute atomic E-state index is 0.186. The van der Waals surface area contributed by atoms with Gasteiger partial charge in [0.1, 0.15) is 5.75 Å². The molecule has 2 N–H and O–H groups in total. The first kappa shape index (κ1) is 30.7. The van der Waals surface area contributed by atoms with Crippen LogP contribution >= 0.6 is 0 Å². The van der Waals surface area contributed by atoms with Crippen molar-refractivity contribution in [3.05, 3.63) is 59.7 Å². The van der Waals surface area contributed by atoms with Crippen LogP contribution in [0.2, 0.25) is 0 Å². The fourth-order valence-electron chi connectivity index (χ4n) is 7.89. The van der Waals surface area contributed by atoms with E-state index in [1.807, 2.05) is 43.3 Å². The second-order valence-electron chi connectivity index (χ2n) is 13.0. The summed E-state index contributed by atoms with van der Waals surface area (Å²) in [6.07, 6.45) is 4.76. The number of nitrogens with zero attached hydrogens (tertiary/aromatic N) is 6. The zero-order chi connectivity index (χ0) is 31.6. The summed E-state index contributed by atoms with van der Waals surface area (Å²) in [5.74, 6) is 0.739. The lowest BCUT2D eigenvalue weighted by Crippen LogP contribution is -2.61. The van der Waals surface area contributed by atoms with E-state index in [0.29, 0.717) is 23.7 Å². The summed E-state index contributed by atoms with van der Waals surface area (Å²) in [7, 11) is 1.62. The maximum absolute atomic E-state index is 11.4. The lowest BCUT2D eigenvalue weighted by atomic mass is 9.95. The van der Waals surface area contributed by atoms with Gasteiger partial charge in [0, 0.05) is 69.7 Å². The number of ether oxygens (including phenoxy) is 2. The third-order valence-corrected chi connectivity index (χ3v) is 10.4. The normalized spacial score (nSPS) is 21.4. The number of nitrogens with one attached hydrogen (secondary N) is 1. The number of para-hydroxylation sites is 1. The average Bonchev–Trinajstić information content (AvgIpc) is 3.10. The Morgan fingerprint density at radius 2 is 1.67 bits per heavy atom. The second-order valence-corrected chi connectivity index (χ2v) is 13.0. The Kier molecular flexibility index (Phi) is 8.97. The van der Waals surface area contributed by atoms with Crippen LogP contribution in [0.15, 0.2) is 48.5 Å². The molecular formula is C35H45N7O4. The Morgan fingerprint density at radius 1 is 0.913 bits per heavy atom. The first-order chi connectivity index (χ1) is 22.5. The van der Waals surface area contributed by atoms with Crippen LogP contribution in [-0.2, 0) is 4.74 Å². The van der Waals surface area contributed by atoms with Crippen LogP contribution in [0.5, 0.6) is 5.75 Å². The number of methoxy groups -OCH3 is 1. The summed E-state index contributed by atoms with van der Waals surface area (Å²) in [5, 5.41) is 22.0. The molecule has 11 heteroatoms. The number of carboxylic acid groups (broad SMARTS) is 1. The van der Waals surface area contributed by atoms with Gasteiger partial charge in [-0.05, 0) is 87.7 Å². The number of carboxylic acids is 1. The van der Waals surface area contributed by atoms with Gasteiger partial charge in [-0.25, -0.2) is 4.79 Å². The second kappa shape index (κ2) is 13.4. The number of rotatable bonds is 8. The molecule has 11 nitrogen and oxygen atoms in total. The average molecular weight is 628 g/mol. The smallest absolute Gasteiger partial charge is 0.335 e. The van der Waals surface area contributed by atoms with Gasteiger partial charge in [-0.2, -0.15) is 0 Å². The van der Waals surface area contributed by atoms with E-state index in [-0.39, 0.29) is 6.79 Å². The first-order valence-electron chi connectivity index (χ1n) is 16.6. The van der Waals surface area contributed by atoms with E-state index in [1.54, 1.807) is 13.2 Å². The predicted octanol–water partition coefficient (Wildman–Crippen LogP) is 4.18. The minimum Gasteiger partial charge on any atom is -0.478 e. The highest BCUT2D eigenvalue weighted by Crippen LogP contribution is 2.37. The van der Waals surface area contributed by atoms with Crippen molar-refractivity contribution in [2.24, 2.45) is 0 Å². The lowest BCUT2D eigenvalue weighted by Gasteiger charge is -2.50. The molecular weight excluding hydrogens is 582 g/mol. The molecule has 0 spiro atoms. The lowest BCUT2D eigenvalue weighted by molar-refractivity contribution is 0.0515. The van der Waals surface area contributed by atoms with Crippen LogP contribution in [-0.4, -0.2) is 115 Å². The van der Waals surface area contributed by atoms with Crippen molar-refractivity contribution in [3.63, 3.8) is 0 Å². The van der Waals surface area contributed by atoms with Crippen molar-refractivity contribution in [2.75, 3.05) is 81.4 Å². The predicted molar refractivity (Wildman–Crippen MR) is 179 cm³/mol. The molecule has 3 aromatic rings. The summed E-state index contributed by atoms with van der Waals surface area (Å²) in [6, 6.07) is 17.5. The summed E-state index contributed by atoms with van der Waals surface area (Å²) < 4.78 is 10.9. The number of aryl methyl sites for hydroxylation is 1. The first-order valence-corrected chi connectivity index (χ1v) is 16.6. The van der Waals surface area contributed by atoms with E-state index >= 15 is 0 Å². The third-order valence-electron chi connectivity index (χ3n) is 10.4. The number of anilines is 3. The number of piperazine rings is 1. The Balaban J connectivity index is 0.926. The van der Waals surface area contributed by atoms with Gasteiger partial charge in [0.15, 0.2) is 12.6 Å². The monoisotopic (exact) mass is 627 g/mol. The molecule has 3 saturated heterocycles. The molecule has 46 heavy (non-hydrogen) atoms. The van der Waals surface area contributed by atoms with Crippen molar-refractivity contribution >= 4 is 23.2 Å². The quantitative estimate of drug-likeness (QED) is 0.352. The highest BCUT2D eigenvalue weighted by molar-refractivity contribution is 5.90. The Bertz CT molecular complexity index is 1540. The van der Waals surface area contributed by atoms with Gasteiger partial charge in [-0.1, -0.05) is 12.1 Å². The van der Waals surface area contributed by atoms with Crippen molar-refractivity contribution in [3.8, 4) is 17.0 Å². The van der Waals surface area contributed by atoms with Crippen molar-refractivity contribution in [2.45, 2.75) is 50.7 Å². The van der Waals surface area contributed by atoms with E-state index in [2.05, 4.69) is 41.2 Å². The van der Waals surface area contributed by atoms with Gasteiger partial charge < -0.3 is 34.6 Å². The number of carbonyl (C=O) groups is 1. The summed E-state index contributed by atoms with van der Waals surface area (Å²) in [5.41, 5.74) is 5.20. The molecule has 0 aliphatic carbocycles. The summed E-state index contributed by atoms with van der Waals surface area (Å²) in [4.78, 5) is 21.8. The fourth-order valence-corrected chi connectivity index (χ4v) is 7.89.